The average Bonchev–Trinajstić information content (AvgIpc) is 2.35. The molecule has 1 aliphatic rings. The van der Waals surface area contributed by atoms with Gasteiger partial charge in [-0.25, -0.2) is 0 Å². The van der Waals surface area contributed by atoms with Crippen LogP contribution in [0.15, 0.2) is 12.3 Å². The Morgan fingerprint density at radius 2 is 2.17 bits per heavy atom. The van der Waals surface area contributed by atoms with Crippen LogP contribution in [-0.2, 0) is 12.8 Å². The van der Waals surface area contributed by atoms with Crippen molar-refractivity contribution in [2.45, 2.75) is 59.8 Å². The Balaban J connectivity index is 2.04. The molecule has 0 amide bonds. The van der Waals surface area contributed by atoms with Crippen molar-refractivity contribution in [3.8, 4) is 0 Å². The summed E-state index contributed by atoms with van der Waals surface area (Å²) < 4.78 is 0. The maximum atomic E-state index is 4.42. The third kappa shape index (κ3) is 2.93. The molecular weight excluding hydrogens is 218 g/mol. The Morgan fingerprint density at radius 1 is 1.39 bits per heavy atom. The zero-order chi connectivity index (χ0) is 13.1. The molecule has 1 heterocycles. The van der Waals surface area contributed by atoms with Crippen LogP contribution in [0.25, 0.3) is 0 Å². The fourth-order valence-electron chi connectivity index (χ4n) is 3.48. The van der Waals surface area contributed by atoms with Gasteiger partial charge in [-0.15, -0.1) is 0 Å². The number of hydrogen-bond acceptors (Lipinski definition) is 1. The lowest BCUT2D eigenvalue weighted by Crippen LogP contribution is -2.20. The summed E-state index contributed by atoms with van der Waals surface area (Å²) in [6.45, 7) is 9.25. The van der Waals surface area contributed by atoms with Gasteiger partial charge in [-0.3, -0.25) is 4.98 Å². The van der Waals surface area contributed by atoms with Gasteiger partial charge < -0.3 is 0 Å². The van der Waals surface area contributed by atoms with Gasteiger partial charge in [0.2, 0.25) is 0 Å². The third-order valence-electron chi connectivity index (χ3n) is 4.78. The van der Waals surface area contributed by atoms with E-state index in [1.165, 1.54) is 43.4 Å². The summed E-state index contributed by atoms with van der Waals surface area (Å²) in [4.78, 5) is 4.42. The normalized spacial score (nSPS) is 20.8. The largest absolute Gasteiger partial charge is 0.261 e. The zero-order valence-electron chi connectivity index (χ0n) is 12.4. The van der Waals surface area contributed by atoms with Crippen LogP contribution in [0.3, 0.4) is 0 Å². The summed E-state index contributed by atoms with van der Waals surface area (Å²) >= 11 is 0. The Bertz CT molecular complexity index is 395. The van der Waals surface area contributed by atoms with Crippen LogP contribution in [-0.4, -0.2) is 4.98 Å². The second-order valence-electron chi connectivity index (χ2n) is 6.29. The molecule has 1 nitrogen and oxygen atoms in total. The van der Waals surface area contributed by atoms with E-state index in [9.17, 15) is 0 Å². The molecule has 18 heavy (non-hydrogen) atoms. The number of pyridine rings is 1. The average molecular weight is 245 g/mol. The lowest BCUT2D eigenvalue weighted by Gasteiger charge is -2.30. The van der Waals surface area contributed by atoms with Crippen LogP contribution >= 0.6 is 0 Å². The topological polar surface area (TPSA) is 12.9 Å². The molecule has 1 heteroatoms. The fourth-order valence-corrected chi connectivity index (χ4v) is 3.48. The number of aromatic nitrogens is 1. The van der Waals surface area contributed by atoms with E-state index in [4.69, 9.17) is 0 Å². The molecule has 1 aromatic heterocycles. The Kier molecular flexibility index (Phi) is 4.42. The molecule has 0 N–H and O–H groups in total. The first-order valence-electron chi connectivity index (χ1n) is 7.55. The molecule has 2 unspecified atom stereocenters. The van der Waals surface area contributed by atoms with Gasteiger partial charge in [-0.1, -0.05) is 27.2 Å². The maximum absolute atomic E-state index is 4.42. The molecule has 0 aliphatic heterocycles. The lowest BCUT2D eigenvalue weighted by molar-refractivity contribution is 0.271. The molecule has 0 aromatic carbocycles. The van der Waals surface area contributed by atoms with Crippen molar-refractivity contribution in [1.82, 2.24) is 4.98 Å². The molecule has 0 spiro atoms. The van der Waals surface area contributed by atoms with E-state index in [0.29, 0.717) is 0 Å². The minimum atomic E-state index is 0.829. The zero-order valence-corrected chi connectivity index (χ0v) is 12.4. The summed E-state index contributed by atoms with van der Waals surface area (Å²) in [7, 11) is 0. The molecule has 0 saturated carbocycles. The predicted molar refractivity (Wildman–Crippen MR) is 77.7 cm³/mol. The smallest absolute Gasteiger partial charge is 0.0407 e. The molecule has 0 saturated heterocycles. The van der Waals surface area contributed by atoms with Crippen LogP contribution < -0.4 is 0 Å². The van der Waals surface area contributed by atoms with Crippen molar-refractivity contribution < 1.29 is 0 Å². The third-order valence-corrected chi connectivity index (χ3v) is 4.78. The van der Waals surface area contributed by atoms with Crippen molar-refractivity contribution in [3.05, 3.63) is 29.1 Å². The van der Waals surface area contributed by atoms with Gasteiger partial charge in [-0.2, -0.15) is 0 Å². The Morgan fingerprint density at radius 3 is 2.83 bits per heavy atom. The Hall–Kier alpha value is -0.850. The van der Waals surface area contributed by atoms with Crippen molar-refractivity contribution in [1.29, 1.82) is 0 Å². The fraction of sp³-hybridized carbons (Fsp3) is 0.706. The van der Waals surface area contributed by atoms with E-state index in [1.54, 1.807) is 5.56 Å². The minimum absolute atomic E-state index is 0.829. The van der Waals surface area contributed by atoms with E-state index in [1.807, 2.05) is 6.20 Å². The minimum Gasteiger partial charge on any atom is -0.261 e. The van der Waals surface area contributed by atoms with Gasteiger partial charge in [0, 0.05) is 11.9 Å². The van der Waals surface area contributed by atoms with E-state index in [2.05, 4.69) is 38.7 Å². The van der Waals surface area contributed by atoms with Crippen molar-refractivity contribution >= 4 is 0 Å². The van der Waals surface area contributed by atoms with E-state index >= 15 is 0 Å². The highest BCUT2D eigenvalue weighted by Gasteiger charge is 2.23. The first-order valence-corrected chi connectivity index (χ1v) is 7.55. The highest BCUT2D eigenvalue weighted by molar-refractivity contribution is 5.31. The molecule has 0 radical (unpaired) electrons. The molecule has 2 atom stereocenters. The van der Waals surface area contributed by atoms with Crippen molar-refractivity contribution in [2.75, 3.05) is 0 Å². The van der Waals surface area contributed by atoms with Gasteiger partial charge in [0.15, 0.2) is 0 Å². The number of hydrogen-bond donors (Lipinski definition) is 0. The van der Waals surface area contributed by atoms with E-state index in [-0.39, 0.29) is 0 Å². The summed E-state index contributed by atoms with van der Waals surface area (Å²) in [6, 6.07) is 2.24. The van der Waals surface area contributed by atoms with E-state index in [0.717, 1.165) is 17.8 Å². The van der Waals surface area contributed by atoms with Crippen molar-refractivity contribution in [3.63, 3.8) is 0 Å². The van der Waals surface area contributed by atoms with E-state index < -0.39 is 0 Å². The van der Waals surface area contributed by atoms with Gasteiger partial charge >= 0.3 is 0 Å². The van der Waals surface area contributed by atoms with Crippen molar-refractivity contribution in [2.24, 2.45) is 17.8 Å². The molecule has 1 aliphatic carbocycles. The first kappa shape index (κ1) is 13.6. The van der Waals surface area contributed by atoms with Crippen LogP contribution in [0.4, 0.5) is 0 Å². The predicted octanol–water partition coefficient (Wildman–Crippen LogP) is 4.57. The van der Waals surface area contributed by atoms with Gasteiger partial charge in [0.1, 0.15) is 0 Å². The van der Waals surface area contributed by atoms with Gasteiger partial charge in [-0.05, 0) is 67.6 Å². The highest BCUT2D eigenvalue weighted by atomic mass is 14.7. The standard InChI is InChI=1S/C17H27N/c1-5-15(12(2)3)10-14-6-7-17-13(4)18-9-8-16(17)11-14/h8-9,12,14-15H,5-7,10-11H2,1-4H3. The lowest BCUT2D eigenvalue weighted by atomic mass is 9.76. The van der Waals surface area contributed by atoms with Crippen LogP contribution in [0, 0.1) is 24.7 Å². The second-order valence-corrected chi connectivity index (χ2v) is 6.29. The first-order chi connectivity index (χ1) is 8.61. The highest BCUT2D eigenvalue weighted by Crippen LogP contribution is 2.33. The summed E-state index contributed by atoms with van der Waals surface area (Å²) in [5, 5.41) is 0. The molecule has 100 valence electrons. The summed E-state index contributed by atoms with van der Waals surface area (Å²) in [5.41, 5.74) is 4.35. The monoisotopic (exact) mass is 245 g/mol. The van der Waals surface area contributed by atoms with Crippen LogP contribution in [0.1, 0.15) is 56.9 Å². The molecule has 2 rings (SSSR count). The van der Waals surface area contributed by atoms with Gasteiger partial charge in [0.25, 0.3) is 0 Å². The number of rotatable bonds is 4. The molecule has 0 fully saturated rings. The number of aryl methyl sites for hydroxylation is 1. The quantitative estimate of drug-likeness (QED) is 0.757. The second kappa shape index (κ2) is 5.86. The maximum Gasteiger partial charge on any atom is 0.0407 e. The Labute approximate surface area is 112 Å². The van der Waals surface area contributed by atoms with Gasteiger partial charge in [0.05, 0.1) is 0 Å². The molecule has 0 bridgehead atoms. The van der Waals surface area contributed by atoms with Crippen LogP contribution in [0.2, 0.25) is 0 Å². The van der Waals surface area contributed by atoms with Crippen LogP contribution in [0.5, 0.6) is 0 Å². The molecular formula is C17H27N. The summed E-state index contributed by atoms with van der Waals surface area (Å²) in [6.07, 6.45) is 8.61. The molecule has 1 aromatic rings. The summed E-state index contributed by atoms with van der Waals surface area (Å²) in [5.74, 6) is 2.63. The number of fused-ring (bicyclic) bond motifs is 1. The number of nitrogens with zero attached hydrogens (tertiary/aromatic N) is 1. The SMILES string of the molecule is CCC(CC1CCc2c(ccnc2C)C1)C(C)C.